The van der Waals surface area contributed by atoms with Crippen LogP contribution in [0.1, 0.15) is 5.82 Å². The monoisotopic (exact) mass is 350 g/mol. The molecule has 25 heavy (non-hydrogen) atoms. The molecule has 0 spiro atoms. The first-order valence-electron chi connectivity index (χ1n) is 7.63. The number of hydrogen-bond donors (Lipinski definition) is 0. The molecule has 0 radical (unpaired) electrons. The Balaban J connectivity index is 1.61. The SMILES string of the molecule is FC(F)(F)Oc1ccc(-c2ccc3nnc(CC4COC4)n3n2)cc1. The third-order valence-electron chi connectivity index (χ3n) is 3.89. The number of nitrogens with zero attached hydrogens (tertiary/aromatic N) is 4. The van der Waals surface area contributed by atoms with Crippen molar-refractivity contribution in [2.45, 2.75) is 12.8 Å². The normalized spacial score (nSPS) is 15.3. The number of hydrogen-bond acceptors (Lipinski definition) is 5. The Kier molecular flexibility index (Phi) is 3.79. The minimum absolute atomic E-state index is 0.271. The first-order chi connectivity index (χ1) is 12.0. The van der Waals surface area contributed by atoms with E-state index in [2.05, 4.69) is 20.0 Å². The van der Waals surface area contributed by atoms with Gasteiger partial charge < -0.3 is 9.47 Å². The van der Waals surface area contributed by atoms with Crippen molar-refractivity contribution in [3.63, 3.8) is 0 Å². The van der Waals surface area contributed by atoms with Crippen LogP contribution >= 0.6 is 0 Å². The summed E-state index contributed by atoms with van der Waals surface area (Å²) in [5, 5.41) is 12.7. The third-order valence-corrected chi connectivity index (χ3v) is 3.89. The summed E-state index contributed by atoms with van der Waals surface area (Å²) < 4.78 is 47.4. The molecular formula is C16H13F3N4O2. The fraction of sp³-hybridized carbons (Fsp3) is 0.312. The molecular weight excluding hydrogens is 337 g/mol. The van der Waals surface area contributed by atoms with Gasteiger partial charge in [0.1, 0.15) is 5.75 Å². The molecule has 0 unspecified atom stereocenters. The van der Waals surface area contributed by atoms with E-state index in [1.54, 1.807) is 16.6 Å². The molecule has 3 aromatic rings. The first-order valence-corrected chi connectivity index (χ1v) is 7.63. The topological polar surface area (TPSA) is 61.5 Å². The van der Waals surface area contributed by atoms with E-state index in [1.165, 1.54) is 24.3 Å². The zero-order valence-electron chi connectivity index (χ0n) is 12.9. The molecule has 0 amide bonds. The number of halogens is 3. The summed E-state index contributed by atoms with van der Waals surface area (Å²) in [5.41, 5.74) is 1.90. The summed E-state index contributed by atoms with van der Waals surface area (Å²) in [6, 6.07) is 9.09. The maximum absolute atomic E-state index is 12.2. The van der Waals surface area contributed by atoms with Crippen LogP contribution in [0.4, 0.5) is 13.2 Å². The highest BCUT2D eigenvalue weighted by molar-refractivity contribution is 5.61. The van der Waals surface area contributed by atoms with Crippen molar-refractivity contribution in [3.8, 4) is 17.0 Å². The molecule has 1 aliphatic heterocycles. The fourth-order valence-electron chi connectivity index (χ4n) is 2.60. The highest BCUT2D eigenvalue weighted by atomic mass is 19.4. The van der Waals surface area contributed by atoms with Crippen LogP contribution in [-0.2, 0) is 11.2 Å². The molecule has 0 bridgehead atoms. The van der Waals surface area contributed by atoms with Gasteiger partial charge in [0, 0.05) is 17.9 Å². The van der Waals surface area contributed by atoms with E-state index in [4.69, 9.17) is 4.74 Å². The molecule has 0 aliphatic carbocycles. The zero-order chi connectivity index (χ0) is 17.4. The van der Waals surface area contributed by atoms with Gasteiger partial charge in [-0.25, -0.2) is 0 Å². The van der Waals surface area contributed by atoms with Crippen LogP contribution in [0.2, 0.25) is 0 Å². The van der Waals surface area contributed by atoms with Gasteiger partial charge in [0.15, 0.2) is 11.5 Å². The quantitative estimate of drug-likeness (QED) is 0.724. The molecule has 1 saturated heterocycles. The van der Waals surface area contributed by atoms with E-state index >= 15 is 0 Å². The van der Waals surface area contributed by atoms with Crippen LogP contribution in [0, 0.1) is 5.92 Å². The highest BCUT2D eigenvalue weighted by Crippen LogP contribution is 2.26. The van der Waals surface area contributed by atoms with Crippen molar-refractivity contribution < 1.29 is 22.6 Å². The predicted octanol–water partition coefficient (Wildman–Crippen LogP) is 2.88. The summed E-state index contributed by atoms with van der Waals surface area (Å²) in [6.45, 7) is 1.41. The summed E-state index contributed by atoms with van der Waals surface area (Å²) in [4.78, 5) is 0. The van der Waals surface area contributed by atoms with Gasteiger partial charge in [0.25, 0.3) is 0 Å². The second-order valence-electron chi connectivity index (χ2n) is 5.78. The molecule has 0 N–H and O–H groups in total. The number of aromatic nitrogens is 4. The summed E-state index contributed by atoms with van der Waals surface area (Å²) in [7, 11) is 0. The molecule has 3 heterocycles. The smallest absolute Gasteiger partial charge is 0.406 e. The average molecular weight is 350 g/mol. The lowest BCUT2D eigenvalue weighted by molar-refractivity contribution is -0.274. The van der Waals surface area contributed by atoms with Crippen LogP contribution in [0.15, 0.2) is 36.4 Å². The van der Waals surface area contributed by atoms with E-state index < -0.39 is 6.36 Å². The Morgan fingerprint density at radius 1 is 1.08 bits per heavy atom. The minimum atomic E-state index is -4.71. The molecule has 4 rings (SSSR count). The lowest BCUT2D eigenvalue weighted by Gasteiger charge is -2.24. The van der Waals surface area contributed by atoms with Gasteiger partial charge in [-0.05, 0) is 36.4 Å². The van der Waals surface area contributed by atoms with Crippen molar-refractivity contribution in [2.75, 3.05) is 13.2 Å². The van der Waals surface area contributed by atoms with Gasteiger partial charge in [-0.15, -0.1) is 23.4 Å². The zero-order valence-corrected chi connectivity index (χ0v) is 12.9. The van der Waals surface area contributed by atoms with Gasteiger partial charge in [-0.2, -0.15) is 9.61 Å². The van der Waals surface area contributed by atoms with E-state index in [9.17, 15) is 13.2 Å². The van der Waals surface area contributed by atoms with Crippen molar-refractivity contribution in [2.24, 2.45) is 5.92 Å². The van der Waals surface area contributed by atoms with E-state index in [-0.39, 0.29) is 5.75 Å². The van der Waals surface area contributed by atoms with E-state index in [0.29, 0.717) is 36.0 Å². The molecule has 9 heteroatoms. The Morgan fingerprint density at radius 3 is 2.48 bits per heavy atom. The number of ether oxygens (including phenoxy) is 2. The summed E-state index contributed by atoms with van der Waals surface area (Å²) in [5.74, 6) is 0.881. The van der Waals surface area contributed by atoms with Gasteiger partial charge in [-0.3, -0.25) is 0 Å². The average Bonchev–Trinajstić information content (AvgIpc) is 2.92. The third kappa shape index (κ3) is 3.41. The Bertz CT molecular complexity index is 889. The number of benzene rings is 1. The Labute approximate surface area is 140 Å². The molecule has 130 valence electrons. The van der Waals surface area contributed by atoms with E-state index in [0.717, 1.165) is 12.2 Å². The van der Waals surface area contributed by atoms with Gasteiger partial charge in [0.2, 0.25) is 0 Å². The van der Waals surface area contributed by atoms with Crippen LogP contribution in [0.25, 0.3) is 16.9 Å². The molecule has 1 fully saturated rings. The van der Waals surface area contributed by atoms with Gasteiger partial charge in [0.05, 0.1) is 18.9 Å². The van der Waals surface area contributed by atoms with Gasteiger partial charge >= 0.3 is 6.36 Å². The van der Waals surface area contributed by atoms with Crippen molar-refractivity contribution >= 4 is 5.65 Å². The maximum atomic E-state index is 12.2. The molecule has 0 saturated carbocycles. The lowest BCUT2D eigenvalue weighted by atomic mass is 10.0. The first kappa shape index (κ1) is 15.8. The highest BCUT2D eigenvalue weighted by Gasteiger charge is 2.31. The molecule has 1 aromatic carbocycles. The van der Waals surface area contributed by atoms with Crippen LogP contribution in [-0.4, -0.2) is 39.4 Å². The largest absolute Gasteiger partial charge is 0.573 e. The van der Waals surface area contributed by atoms with Crippen molar-refractivity contribution in [3.05, 3.63) is 42.2 Å². The van der Waals surface area contributed by atoms with Gasteiger partial charge in [-0.1, -0.05) is 0 Å². The second-order valence-corrected chi connectivity index (χ2v) is 5.78. The number of alkyl halides is 3. The molecule has 0 atom stereocenters. The van der Waals surface area contributed by atoms with Crippen molar-refractivity contribution in [1.82, 2.24) is 19.8 Å². The van der Waals surface area contributed by atoms with E-state index in [1.807, 2.05) is 0 Å². The second kappa shape index (κ2) is 5.99. The summed E-state index contributed by atoms with van der Waals surface area (Å²) >= 11 is 0. The Hall–Kier alpha value is -2.68. The predicted molar refractivity (Wildman–Crippen MR) is 80.9 cm³/mol. The lowest BCUT2D eigenvalue weighted by Crippen LogP contribution is -2.30. The molecule has 2 aromatic heterocycles. The number of rotatable bonds is 4. The number of fused-ring (bicyclic) bond motifs is 1. The minimum Gasteiger partial charge on any atom is -0.406 e. The Morgan fingerprint density at radius 2 is 1.84 bits per heavy atom. The van der Waals surface area contributed by atoms with Crippen molar-refractivity contribution in [1.29, 1.82) is 0 Å². The fourth-order valence-corrected chi connectivity index (χ4v) is 2.60. The summed E-state index contributed by atoms with van der Waals surface area (Å²) in [6.07, 6.45) is -3.99. The molecule has 1 aliphatic rings. The van der Waals surface area contributed by atoms with Crippen LogP contribution < -0.4 is 4.74 Å². The van der Waals surface area contributed by atoms with Crippen LogP contribution in [0.3, 0.4) is 0 Å². The molecule has 6 nitrogen and oxygen atoms in total. The van der Waals surface area contributed by atoms with Crippen LogP contribution in [0.5, 0.6) is 5.75 Å². The standard InChI is InChI=1S/C16H13F3N4O2/c17-16(18,19)25-12-3-1-11(2-4-12)13-5-6-14-20-21-15(23(14)22-13)7-10-8-24-9-10/h1-6,10H,7-9H2. The maximum Gasteiger partial charge on any atom is 0.573 e.